The molecule has 0 aliphatic heterocycles. The number of carbonyl (C=O) groups excluding carboxylic acids is 2. The number of benzene rings is 3. The minimum absolute atomic E-state index is 0.0751. The molecule has 1 aliphatic rings. The average Bonchev–Trinajstić information content (AvgIpc) is 3.27. The highest BCUT2D eigenvalue weighted by molar-refractivity contribution is 6.11. The Bertz CT molecular complexity index is 1160. The Hall–Kier alpha value is -3.79. The lowest BCUT2D eigenvalue weighted by Gasteiger charge is -2.36. The Morgan fingerprint density at radius 3 is 1.75 bits per heavy atom. The molecule has 1 heterocycles. The van der Waals surface area contributed by atoms with E-state index in [0.29, 0.717) is 18.4 Å². The second-order valence-corrected chi connectivity index (χ2v) is 8.31. The molecule has 1 aromatic heterocycles. The molecule has 0 spiro atoms. The number of aromatic nitrogens is 2. The Labute approximate surface area is 187 Å². The highest BCUT2D eigenvalue weighted by Crippen LogP contribution is 2.41. The summed E-state index contributed by atoms with van der Waals surface area (Å²) in [4.78, 5) is 25.2. The van der Waals surface area contributed by atoms with Crippen LogP contribution in [0.25, 0.3) is 0 Å². The number of Topliss-reactive ketones (excluding diaryl/α,β-unsaturated/α-hetero) is 2. The van der Waals surface area contributed by atoms with Crippen LogP contribution >= 0.6 is 0 Å². The fourth-order valence-electron chi connectivity index (χ4n) is 4.89. The van der Waals surface area contributed by atoms with E-state index in [1.807, 2.05) is 65.5 Å². The molecule has 158 valence electrons. The van der Waals surface area contributed by atoms with Gasteiger partial charge in [-0.2, -0.15) is 5.10 Å². The molecule has 0 amide bonds. The van der Waals surface area contributed by atoms with Crippen LogP contribution in [0.15, 0.2) is 97.2 Å². The lowest BCUT2D eigenvalue weighted by atomic mass is 9.77. The van der Waals surface area contributed by atoms with Gasteiger partial charge in [0.05, 0.1) is 17.2 Å². The van der Waals surface area contributed by atoms with Crippen molar-refractivity contribution in [2.45, 2.75) is 25.3 Å². The number of nitrogens with zero attached hydrogens (tertiary/aromatic N) is 2. The lowest BCUT2D eigenvalue weighted by Crippen LogP contribution is -2.38. The zero-order valence-electron chi connectivity index (χ0n) is 17.9. The first-order valence-electron chi connectivity index (χ1n) is 10.9. The lowest BCUT2D eigenvalue weighted by molar-refractivity contribution is -0.119. The number of ketones is 2. The summed E-state index contributed by atoms with van der Waals surface area (Å²) < 4.78 is 1.93. The van der Waals surface area contributed by atoms with Gasteiger partial charge in [0.1, 0.15) is 11.3 Å². The van der Waals surface area contributed by atoms with Crippen LogP contribution in [0.1, 0.15) is 46.1 Å². The van der Waals surface area contributed by atoms with E-state index in [0.717, 1.165) is 22.4 Å². The highest BCUT2D eigenvalue weighted by Gasteiger charge is 2.42. The van der Waals surface area contributed by atoms with Gasteiger partial charge in [-0.25, -0.2) is 0 Å². The number of fused-ring (bicyclic) bond motifs is 1. The molecule has 0 saturated carbocycles. The molecule has 1 unspecified atom stereocenters. The zero-order chi connectivity index (χ0) is 22.1. The second-order valence-electron chi connectivity index (χ2n) is 8.31. The van der Waals surface area contributed by atoms with Gasteiger partial charge in [0.25, 0.3) is 0 Å². The van der Waals surface area contributed by atoms with E-state index in [2.05, 4.69) is 36.4 Å². The number of aryl methyl sites for hydroxylation is 1. The van der Waals surface area contributed by atoms with Crippen LogP contribution in [0.2, 0.25) is 0 Å². The van der Waals surface area contributed by atoms with Crippen LogP contribution in [-0.4, -0.2) is 21.3 Å². The maximum atomic E-state index is 13.1. The van der Waals surface area contributed by atoms with Crippen molar-refractivity contribution in [1.29, 1.82) is 0 Å². The predicted molar refractivity (Wildman–Crippen MR) is 124 cm³/mol. The highest BCUT2D eigenvalue weighted by atomic mass is 16.1. The van der Waals surface area contributed by atoms with Crippen molar-refractivity contribution in [3.05, 3.63) is 125 Å². The molecule has 0 bridgehead atoms. The van der Waals surface area contributed by atoms with Crippen molar-refractivity contribution in [3.8, 4) is 0 Å². The van der Waals surface area contributed by atoms with Crippen molar-refractivity contribution in [3.63, 3.8) is 0 Å². The zero-order valence-corrected chi connectivity index (χ0v) is 17.9. The van der Waals surface area contributed by atoms with E-state index in [9.17, 15) is 9.59 Å². The molecule has 4 aromatic rings. The van der Waals surface area contributed by atoms with Gasteiger partial charge >= 0.3 is 0 Å². The first kappa shape index (κ1) is 20.1. The Kier molecular flexibility index (Phi) is 5.06. The molecule has 1 atom stereocenters. The largest absolute Gasteiger partial charge is 0.299 e. The van der Waals surface area contributed by atoms with Crippen LogP contribution < -0.4 is 0 Å². The van der Waals surface area contributed by atoms with Crippen LogP contribution in [0.4, 0.5) is 0 Å². The maximum absolute atomic E-state index is 13.1. The summed E-state index contributed by atoms with van der Waals surface area (Å²) in [6.07, 6.45) is 2.99. The van der Waals surface area contributed by atoms with Crippen LogP contribution in [0.5, 0.6) is 0 Å². The van der Waals surface area contributed by atoms with Crippen LogP contribution in [0.3, 0.4) is 0 Å². The van der Waals surface area contributed by atoms with E-state index in [1.165, 1.54) is 6.92 Å². The fraction of sp³-hybridized carbons (Fsp3) is 0.179. The average molecular weight is 421 g/mol. The van der Waals surface area contributed by atoms with Crippen molar-refractivity contribution in [2.75, 3.05) is 0 Å². The minimum atomic E-state index is -0.757. The number of carbonyl (C=O) groups is 2. The summed E-state index contributed by atoms with van der Waals surface area (Å²) in [6.45, 7) is 1.50. The summed E-state index contributed by atoms with van der Waals surface area (Å²) >= 11 is 0. The summed E-state index contributed by atoms with van der Waals surface area (Å²) in [6, 6.07) is 30.7. The third kappa shape index (κ3) is 3.11. The molecule has 3 aromatic carbocycles. The van der Waals surface area contributed by atoms with E-state index in [4.69, 9.17) is 5.10 Å². The van der Waals surface area contributed by atoms with E-state index < -0.39 is 11.5 Å². The molecule has 0 fully saturated rings. The number of rotatable bonds is 5. The Morgan fingerprint density at radius 2 is 1.31 bits per heavy atom. The summed E-state index contributed by atoms with van der Waals surface area (Å²) in [5, 5.41) is 4.98. The summed E-state index contributed by atoms with van der Waals surface area (Å²) in [7, 11) is 0. The molecule has 4 heteroatoms. The smallest absolute Gasteiger partial charge is 0.176 e. The topological polar surface area (TPSA) is 52.0 Å². The normalized spacial score (nSPS) is 15.9. The third-order valence-corrected chi connectivity index (χ3v) is 6.45. The van der Waals surface area contributed by atoms with Gasteiger partial charge < -0.3 is 0 Å². The number of hydrogen-bond acceptors (Lipinski definition) is 3. The van der Waals surface area contributed by atoms with E-state index in [-0.39, 0.29) is 11.6 Å². The van der Waals surface area contributed by atoms with Crippen LogP contribution in [0, 0.1) is 5.92 Å². The van der Waals surface area contributed by atoms with Gasteiger partial charge in [-0.15, -0.1) is 0 Å². The molecule has 0 N–H and O–H groups in total. The second kappa shape index (κ2) is 8.04. The van der Waals surface area contributed by atoms with Crippen molar-refractivity contribution in [1.82, 2.24) is 9.78 Å². The minimum Gasteiger partial charge on any atom is -0.299 e. The van der Waals surface area contributed by atoms with E-state index >= 15 is 0 Å². The number of hydrogen-bond donors (Lipinski definition) is 0. The van der Waals surface area contributed by atoms with Crippen molar-refractivity contribution < 1.29 is 9.59 Å². The van der Waals surface area contributed by atoms with Gasteiger partial charge in [0.2, 0.25) is 0 Å². The first-order valence-corrected chi connectivity index (χ1v) is 10.9. The molecular formula is C28H24N2O2. The monoisotopic (exact) mass is 420 g/mol. The SMILES string of the molecule is CC(=O)C1CCc2nn(C(c3ccccc3)(c3ccccc3)c3ccccc3)cc2C1=O. The molecular weight excluding hydrogens is 396 g/mol. The Balaban J connectivity index is 1.82. The quantitative estimate of drug-likeness (QED) is 0.335. The molecule has 0 radical (unpaired) electrons. The van der Waals surface area contributed by atoms with Gasteiger partial charge in [-0.1, -0.05) is 91.0 Å². The summed E-state index contributed by atoms with van der Waals surface area (Å²) in [5.41, 5.74) is 3.71. The van der Waals surface area contributed by atoms with Gasteiger partial charge in [0, 0.05) is 6.20 Å². The molecule has 1 aliphatic carbocycles. The molecule has 32 heavy (non-hydrogen) atoms. The van der Waals surface area contributed by atoms with Crippen molar-refractivity contribution >= 4 is 11.6 Å². The molecule has 4 nitrogen and oxygen atoms in total. The maximum Gasteiger partial charge on any atom is 0.176 e. The standard InChI is InChI=1S/C28H24N2O2/c1-20(31)24-17-18-26-25(27(24)32)19-30(29-26)28(21-11-5-2-6-12-21,22-13-7-3-8-14-22)23-15-9-4-10-16-23/h2-16,19,24H,17-18H2,1H3. The Morgan fingerprint density at radius 1 is 0.844 bits per heavy atom. The van der Waals surface area contributed by atoms with Gasteiger partial charge in [-0.05, 0) is 36.5 Å². The van der Waals surface area contributed by atoms with E-state index in [1.54, 1.807) is 0 Å². The van der Waals surface area contributed by atoms with Gasteiger partial charge in [-0.3, -0.25) is 14.3 Å². The third-order valence-electron chi connectivity index (χ3n) is 6.45. The molecule has 0 saturated heterocycles. The molecule has 5 rings (SSSR count). The van der Waals surface area contributed by atoms with Gasteiger partial charge in [0.15, 0.2) is 5.78 Å². The summed E-state index contributed by atoms with van der Waals surface area (Å²) in [5.74, 6) is -0.762. The predicted octanol–water partition coefficient (Wildman–Crippen LogP) is 5.06. The fourth-order valence-corrected chi connectivity index (χ4v) is 4.89. The van der Waals surface area contributed by atoms with Crippen LogP contribution in [-0.2, 0) is 16.8 Å². The van der Waals surface area contributed by atoms with Crippen molar-refractivity contribution in [2.24, 2.45) is 5.92 Å². The first-order chi connectivity index (χ1) is 15.6.